The van der Waals surface area contributed by atoms with Crippen molar-refractivity contribution < 1.29 is 0 Å². The minimum atomic E-state index is 0.697. The Morgan fingerprint density at radius 3 is 3.12 bits per heavy atom. The molecule has 0 aromatic carbocycles. The Balaban J connectivity index is 1.44. The van der Waals surface area contributed by atoms with Crippen LogP contribution in [0.15, 0.2) is 43.2 Å². The maximum Gasteiger partial charge on any atom is 0.142 e. The number of rotatable bonds is 4. The van der Waals surface area contributed by atoms with Crippen LogP contribution in [-0.4, -0.2) is 24.7 Å². The summed E-state index contributed by atoms with van der Waals surface area (Å²) in [5, 5.41) is 9.04. The number of aromatic nitrogens is 5. The molecule has 4 aromatic heterocycles. The lowest BCUT2D eigenvalue weighted by Crippen LogP contribution is -2.00. The van der Waals surface area contributed by atoms with Gasteiger partial charge < -0.3 is 5.32 Å². The van der Waals surface area contributed by atoms with Gasteiger partial charge in [0.15, 0.2) is 0 Å². The molecule has 0 spiro atoms. The number of anilines is 2. The topological polar surface area (TPSA) is 68.5 Å². The number of hydrogen-bond donors (Lipinski definition) is 1. The van der Waals surface area contributed by atoms with Crippen LogP contribution in [-0.2, 0) is 19.4 Å². The summed E-state index contributed by atoms with van der Waals surface area (Å²) in [5.41, 5.74) is 3.48. The molecule has 4 aromatic rings. The third-order valence-electron chi connectivity index (χ3n) is 4.46. The molecule has 7 heteroatoms. The summed E-state index contributed by atoms with van der Waals surface area (Å²) >= 11 is 1.80. The summed E-state index contributed by atoms with van der Waals surface area (Å²) in [6.45, 7) is 0.697. The number of hydrogen-bond acceptors (Lipinski definition) is 6. The van der Waals surface area contributed by atoms with Crippen LogP contribution in [0.2, 0.25) is 0 Å². The SMILES string of the molecule is c1cncc(Cn2cc(Nc3ncnc4sc5c(c34)CCC5)cn2)c1. The minimum absolute atomic E-state index is 0.697. The first kappa shape index (κ1) is 14.5. The maximum atomic E-state index is 4.48. The van der Waals surface area contributed by atoms with Crippen LogP contribution in [0.1, 0.15) is 22.4 Å². The van der Waals surface area contributed by atoms with Gasteiger partial charge in [-0.3, -0.25) is 9.67 Å². The van der Waals surface area contributed by atoms with E-state index in [4.69, 9.17) is 0 Å². The van der Waals surface area contributed by atoms with Crippen molar-refractivity contribution in [2.75, 3.05) is 5.32 Å². The van der Waals surface area contributed by atoms with Crippen molar-refractivity contribution in [2.24, 2.45) is 0 Å². The quantitative estimate of drug-likeness (QED) is 0.611. The zero-order valence-corrected chi connectivity index (χ0v) is 14.3. The third-order valence-corrected chi connectivity index (χ3v) is 5.66. The van der Waals surface area contributed by atoms with E-state index in [1.54, 1.807) is 23.9 Å². The molecule has 0 radical (unpaired) electrons. The first-order chi connectivity index (χ1) is 12.4. The second kappa shape index (κ2) is 5.93. The predicted octanol–water partition coefficient (Wildman–Crippen LogP) is 3.56. The van der Waals surface area contributed by atoms with Gasteiger partial charge in [-0.2, -0.15) is 5.10 Å². The second-order valence-corrected chi connectivity index (χ2v) is 7.26. The van der Waals surface area contributed by atoms with Gasteiger partial charge in [0.25, 0.3) is 0 Å². The smallest absolute Gasteiger partial charge is 0.142 e. The van der Waals surface area contributed by atoms with E-state index >= 15 is 0 Å². The van der Waals surface area contributed by atoms with Crippen LogP contribution in [0, 0.1) is 0 Å². The first-order valence-electron chi connectivity index (χ1n) is 8.30. The first-order valence-corrected chi connectivity index (χ1v) is 9.12. The van der Waals surface area contributed by atoms with Crippen molar-refractivity contribution in [3.63, 3.8) is 0 Å². The highest BCUT2D eigenvalue weighted by molar-refractivity contribution is 7.19. The lowest BCUT2D eigenvalue weighted by atomic mass is 10.2. The van der Waals surface area contributed by atoms with Crippen LogP contribution >= 0.6 is 11.3 Å². The van der Waals surface area contributed by atoms with Gasteiger partial charge in [0, 0.05) is 23.5 Å². The van der Waals surface area contributed by atoms with Crippen molar-refractivity contribution >= 4 is 33.1 Å². The second-order valence-electron chi connectivity index (χ2n) is 6.17. The van der Waals surface area contributed by atoms with Gasteiger partial charge in [-0.05, 0) is 36.5 Å². The molecule has 6 nitrogen and oxygen atoms in total. The fraction of sp³-hybridized carbons (Fsp3) is 0.222. The molecule has 0 saturated heterocycles. The molecule has 0 amide bonds. The Kier molecular flexibility index (Phi) is 3.45. The summed E-state index contributed by atoms with van der Waals surface area (Å²) < 4.78 is 1.90. The summed E-state index contributed by atoms with van der Waals surface area (Å²) in [6, 6.07) is 3.98. The van der Waals surface area contributed by atoms with E-state index in [-0.39, 0.29) is 0 Å². The summed E-state index contributed by atoms with van der Waals surface area (Å²) in [6.07, 6.45) is 12.6. The predicted molar refractivity (Wildman–Crippen MR) is 98.3 cm³/mol. The number of thiophene rings is 1. The number of nitrogens with one attached hydrogen (secondary N) is 1. The fourth-order valence-electron chi connectivity index (χ4n) is 3.35. The lowest BCUT2D eigenvalue weighted by Gasteiger charge is -2.05. The van der Waals surface area contributed by atoms with E-state index in [9.17, 15) is 0 Å². The molecule has 1 N–H and O–H groups in total. The number of nitrogens with zero attached hydrogens (tertiary/aromatic N) is 5. The monoisotopic (exact) mass is 348 g/mol. The largest absolute Gasteiger partial charge is 0.337 e. The van der Waals surface area contributed by atoms with E-state index in [2.05, 4.69) is 25.4 Å². The van der Waals surface area contributed by atoms with Crippen molar-refractivity contribution in [2.45, 2.75) is 25.8 Å². The number of fused-ring (bicyclic) bond motifs is 3. The highest BCUT2D eigenvalue weighted by atomic mass is 32.1. The maximum absolute atomic E-state index is 4.48. The van der Waals surface area contributed by atoms with Crippen LogP contribution in [0.25, 0.3) is 10.2 Å². The van der Waals surface area contributed by atoms with Gasteiger partial charge in [0.1, 0.15) is 17.0 Å². The van der Waals surface area contributed by atoms with Gasteiger partial charge in [-0.25, -0.2) is 9.97 Å². The third kappa shape index (κ3) is 2.66. The highest BCUT2D eigenvalue weighted by Crippen LogP contribution is 2.39. The Morgan fingerprint density at radius 1 is 1.20 bits per heavy atom. The number of aryl methyl sites for hydroxylation is 2. The standard InChI is InChI=1S/C18H16N6S/c1-4-14-15(5-1)25-18-16(14)17(20-11-21-18)23-13-8-22-24(10-13)9-12-3-2-6-19-7-12/h2-3,6-8,10-11H,1,4-5,9H2,(H,20,21,23). The number of pyridine rings is 1. The molecular formula is C18H16N6S. The van der Waals surface area contributed by atoms with Gasteiger partial charge in [0.05, 0.1) is 23.8 Å². The van der Waals surface area contributed by atoms with E-state index in [0.717, 1.165) is 28.3 Å². The Bertz CT molecular complexity index is 1040. The normalized spacial score (nSPS) is 13.3. The van der Waals surface area contributed by atoms with E-state index in [1.807, 2.05) is 35.4 Å². The molecule has 4 heterocycles. The Hall–Kier alpha value is -2.80. The van der Waals surface area contributed by atoms with Crippen LogP contribution < -0.4 is 5.32 Å². The van der Waals surface area contributed by atoms with Crippen LogP contribution in [0.5, 0.6) is 0 Å². The molecule has 1 aliphatic carbocycles. The molecule has 0 bridgehead atoms. The van der Waals surface area contributed by atoms with Gasteiger partial charge >= 0.3 is 0 Å². The van der Waals surface area contributed by atoms with Crippen LogP contribution in [0.3, 0.4) is 0 Å². The van der Waals surface area contributed by atoms with Crippen molar-refractivity contribution in [3.05, 3.63) is 59.3 Å². The van der Waals surface area contributed by atoms with Crippen molar-refractivity contribution in [1.29, 1.82) is 0 Å². The van der Waals surface area contributed by atoms with Gasteiger partial charge in [-0.1, -0.05) is 6.07 Å². The van der Waals surface area contributed by atoms with E-state index in [0.29, 0.717) is 6.54 Å². The molecule has 0 unspecified atom stereocenters. The molecular weight excluding hydrogens is 332 g/mol. The van der Waals surface area contributed by atoms with Gasteiger partial charge in [-0.15, -0.1) is 11.3 Å². The fourth-order valence-corrected chi connectivity index (χ4v) is 4.58. The summed E-state index contributed by atoms with van der Waals surface area (Å²) in [7, 11) is 0. The minimum Gasteiger partial charge on any atom is -0.337 e. The molecule has 25 heavy (non-hydrogen) atoms. The zero-order chi connectivity index (χ0) is 16.6. The van der Waals surface area contributed by atoms with Crippen LogP contribution in [0.4, 0.5) is 11.5 Å². The molecule has 0 aliphatic heterocycles. The Morgan fingerprint density at radius 2 is 2.20 bits per heavy atom. The van der Waals surface area contributed by atoms with Crippen molar-refractivity contribution in [3.8, 4) is 0 Å². The summed E-state index contributed by atoms with van der Waals surface area (Å²) in [5.74, 6) is 0.880. The molecule has 0 fully saturated rings. The van der Waals surface area contributed by atoms with E-state index in [1.165, 1.54) is 28.7 Å². The highest BCUT2D eigenvalue weighted by Gasteiger charge is 2.21. The molecule has 0 saturated carbocycles. The zero-order valence-electron chi connectivity index (χ0n) is 13.5. The molecule has 0 atom stereocenters. The Labute approximate surface area is 148 Å². The summed E-state index contributed by atoms with van der Waals surface area (Å²) in [4.78, 5) is 15.6. The molecule has 1 aliphatic rings. The van der Waals surface area contributed by atoms with Crippen molar-refractivity contribution in [1.82, 2.24) is 24.7 Å². The molecule has 124 valence electrons. The lowest BCUT2D eigenvalue weighted by molar-refractivity contribution is 0.685. The average Bonchev–Trinajstić information content (AvgIpc) is 3.32. The molecule has 5 rings (SSSR count). The van der Waals surface area contributed by atoms with Gasteiger partial charge in [0.2, 0.25) is 0 Å². The van der Waals surface area contributed by atoms with E-state index < -0.39 is 0 Å². The average molecular weight is 348 g/mol.